The van der Waals surface area contributed by atoms with Crippen molar-refractivity contribution in [3.05, 3.63) is 36.8 Å². The Hall–Kier alpha value is -3.93. The van der Waals surface area contributed by atoms with Gasteiger partial charge >= 0.3 is 6.09 Å². The second-order valence-electron chi connectivity index (χ2n) is 11.0. The van der Waals surface area contributed by atoms with Crippen LogP contribution in [0.5, 0.6) is 5.88 Å². The maximum atomic E-state index is 12.9. The third kappa shape index (κ3) is 5.03. The molecule has 1 saturated carbocycles. The molecule has 210 valence electrons. The fourth-order valence-electron chi connectivity index (χ4n) is 5.84. The SMILES string of the molecule is O=C(O[C@@H]1CC(=O)N(C2CCNCC2)C1)N1CCN(c2ccn3ncc(-c4cccnc4OC4CC4)c3n2)CC1. The molecule has 0 spiro atoms. The average Bonchev–Trinajstić information content (AvgIpc) is 3.59. The van der Waals surface area contributed by atoms with Crippen LogP contribution < -0.4 is 15.0 Å². The minimum Gasteiger partial charge on any atom is -0.474 e. The van der Waals surface area contributed by atoms with E-state index in [-0.39, 0.29) is 36.7 Å². The Morgan fingerprint density at radius 3 is 2.62 bits per heavy atom. The highest BCUT2D eigenvalue weighted by atomic mass is 16.6. The van der Waals surface area contributed by atoms with Crippen LogP contribution in [0.1, 0.15) is 32.1 Å². The molecule has 0 radical (unpaired) electrons. The fourth-order valence-corrected chi connectivity index (χ4v) is 5.84. The van der Waals surface area contributed by atoms with Crippen molar-refractivity contribution in [1.29, 1.82) is 0 Å². The summed E-state index contributed by atoms with van der Waals surface area (Å²) in [4.78, 5) is 40.7. The second-order valence-corrected chi connectivity index (χ2v) is 11.0. The van der Waals surface area contributed by atoms with Gasteiger partial charge in [0.05, 0.1) is 24.7 Å². The zero-order chi connectivity index (χ0) is 27.1. The number of amides is 2. The average molecular weight is 547 g/mol. The molecule has 7 rings (SSSR count). The number of rotatable bonds is 6. The van der Waals surface area contributed by atoms with Crippen LogP contribution in [0, 0.1) is 0 Å². The van der Waals surface area contributed by atoms with E-state index in [2.05, 4.69) is 20.3 Å². The van der Waals surface area contributed by atoms with Crippen LogP contribution in [-0.2, 0) is 9.53 Å². The van der Waals surface area contributed by atoms with Crippen molar-refractivity contribution in [2.75, 3.05) is 50.7 Å². The number of carbonyl (C=O) groups is 2. The number of anilines is 1. The Labute approximate surface area is 232 Å². The van der Waals surface area contributed by atoms with Gasteiger partial charge in [0.25, 0.3) is 0 Å². The Balaban J connectivity index is 0.987. The van der Waals surface area contributed by atoms with Gasteiger partial charge in [-0.3, -0.25) is 4.79 Å². The molecule has 3 aromatic heterocycles. The second kappa shape index (κ2) is 10.6. The first-order chi connectivity index (χ1) is 19.6. The third-order valence-electron chi connectivity index (χ3n) is 8.22. The maximum Gasteiger partial charge on any atom is 0.410 e. The molecular formula is C28H34N8O4. The van der Waals surface area contributed by atoms with Crippen LogP contribution in [0.25, 0.3) is 16.8 Å². The highest BCUT2D eigenvalue weighted by Gasteiger charge is 2.38. The highest BCUT2D eigenvalue weighted by molar-refractivity contribution is 5.81. The zero-order valence-corrected chi connectivity index (χ0v) is 22.4. The summed E-state index contributed by atoms with van der Waals surface area (Å²) in [6.07, 6.45) is 9.27. The summed E-state index contributed by atoms with van der Waals surface area (Å²) in [6, 6.07) is 6.08. The summed E-state index contributed by atoms with van der Waals surface area (Å²) in [5.41, 5.74) is 2.49. The molecule has 12 nitrogen and oxygen atoms in total. The van der Waals surface area contributed by atoms with Gasteiger partial charge in [0, 0.05) is 50.2 Å². The topological polar surface area (TPSA) is 117 Å². The lowest BCUT2D eigenvalue weighted by Crippen LogP contribution is -2.50. The van der Waals surface area contributed by atoms with Crippen molar-refractivity contribution in [3.63, 3.8) is 0 Å². The van der Waals surface area contributed by atoms with Crippen LogP contribution >= 0.6 is 0 Å². The van der Waals surface area contributed by atoms with Crippen molar-refractivity contribution in [1.82, 2.24) is 34.7 Å². The standard InChI is InChI=1S/C28H34N8O4/c37-25-16-21(18-35(25)19-5-9-29-10-6-19)40-28(38)34-14-12-33(13-15-34)24-7-11-36-26(32-24)23(17-31-36)22-2-1-8-30-27(22)39-20-3-4-20/h1-2,7-8,11,17,19-21,29H,3-6,9-10,12-16,18H2/t21-/m1/s1. The zero-order valence-electron chi connectivity index (χ0n) is 22.4. The lowest BCUT2D eigenvalue weighted by Gasteiger charge is -2.35. The van der Waals surface area contributed by atoms with Gasteiger partial charge in [0.15, 0.2) is 5.65 Å². The Kier molecular flexibility index (Phi) is 6.62. The van der Waals surface area contributed by atoms with Crippen LogP contribution in [0.2, 0.25) is 0 Å². The van der Waals surface area contributed by atoms with Gasteiger partial charge in [-0.1, -0.05) is 0 Å². The van der Waals surface area contributed by atoms with Crippen LogP contribution in [-0.4, -0.2) is 105 Å². The van der Waals surface area contributed by atoms with Gasteiger partial charge in [-0.05, 0) is 57.0 Å². The van der Waals surface area contributed by atoms with Gasteiger partial charge in [0.1, 0.15) is 18.0 Å². The lowest BCUT2D eigenvalue weighted by molar-refractivity contribution is -0.130. The molecule has 0 unspecified atom stereocenters. The van der Waals surface area contributed by atoms with E-state index in [1.807, 2.05) is 29.3 Å². The first-order valence-electron chi connectivity index (χ1n) is 14.3. The molecule has 3 saturated heterocycles. The number of ether oxygens (including phenoxy) is 2. The summed E-state index contributed by atoms with van der Waals surface area (Å²) in [7, 11) is 0. The van der Waals surface area contributed by atoms with Crippen molar-refractivity contribution >= 4 is 23.5 Å². The Morgan fingerprint density at radius 1 is 1.00 bits per heavy atom. The molecule has 1 atom stereocenters. The highest BCUT2D eigenvalue weighted by Crippen LogP contribution is 2.35. The molecule has 3 aliphatic heterocycles. The monoisotopic (exact) mass is 546 g/mol. The molecule has 1 aliphatic carbocycles. The predicted molar refractivity (Wildman–Crippen MR) is 146 cm³/mol. The number of piperazine rings is 1. The van der Waals surface area contributed by atoms with E-state index in [9.17, 15) is 9.59 Å². The Morgan fingerprint density at radius 2 is 1.82 bits per heavy atom. The first kappa shape index (κ1) is 25.1. The molecular weight excluding hydrogens is 512 g/mol. The van der Waals surface area contributed by atoms with Crippen molar-refractivity contribution in [3.8, 4) is 17.0 Å². The lowest BCUT2D eigenvalue weighted by atomic mass is 10.1. The van der Waals surface area contributed by atoms with E-state index in [1.54, 1.807) is 21.8 Å². The predicted octanol–water partition coefficient (Wildman–Crippen LogP) is 1.94. The summed E-state index contributed by atoms with van der Waals surface area (Å²) < 4.78 is 13.6. The summed E-state index contributed by atoms with van der Waals surface area (Å²) in [5, 5.41) is 7.83. The maximum absolute atomic E-state index is 12.9. The number of carbonyl (C=O) groups excluding carboxylic acids is 2. The minimum absolute atomic E-state index is 0.0905. The number of fused-ring (bicyclic) bond motifs is 1. The third-order valence-corrected chi connectivity index (χ3v) is 8.22. The Bertz CT molecular complexity index is 1390. The van der Waals surface area contributed by atoms with E-state index in [1.165, 1.54) is 0 Å². The quantitative estimate of drug-likeness (QED) is 0.495. The smallest absolute Gasteiger partial charge is 0.410 e. The fraction of sp³-hybridized carbons (Fsp3) is 0.536. The molecule has 3 aromatic rings. The molecule has 12 heteroatoms. The van der Waals surface area contributed by atoms with E-state index >= 15 is 0 Å². The molecule has 4 aliphatic rings. The normalized spacial score (nSPS) is 22.2. The molecule has 2 amide bonds. The van der Waals surface area contributed by atoms with E-state index in [4.69, 9.17) is 14.5 Å². The van der Waals surface area contributed by atoms with Crippen molar-refractivity contribution in [2.45, 2.75) is 50.4 Å². The first-order valence-corrected chi connectivity index (χ1v) is 14.3. The van der Waals surface area contributed by atoms with Gasteiger partial charge < -0.3 is 29.5 Å². The molecule has 0 bridgehead atoms. The summed E-state index contributed by atoms with van der Waals surface area (Å²) in [5.74, 6) is 1.53. The molecule has 1 N–H and O–H groups in total. The summed E-state index contributed by atoms with van der Waals surface area (Å²) >= 11 is 0. The van der Waals surface area contributed by atoms with Crippen LogP contribution in [0.3, 0.4) is 0 Å². The minimum atomic E-state index is -0.376. The number of likely N-dealkylation sites (tertiary alicyclic amines) is 1. The number of hydrogen-bond donors (Lipinski definition) is 1. The molecule has 40 heavy (non-hydrogen) atoms. The van der Waals surface area contributed by atoms with Gasteiger partial charge in [0.2, 0.25) is 11.8 Å². The number of nitrogens with zero attached hydrogens (tertiary/aromatic N) is 7. The largest absolute Gasteiger partial charge is 0.474 e. The number of aromatic nitrogens is 4. The number of piperidine rings is 1. The van der Waals surface area contributed by atoms with Gasteiger partial charge in [-0.15, -0.1) is 0 Å². The number of pyridine rings is 1. The van der Waals surface area contributed by atoms with Crippen molar-refractivity contribution in [2.24, 2.45) is 0 Å². The van der Waals surface area contributed by atoms with E-state index in [0.29, 0.717) is 38.6 Å². The number of nitrogens with one attached hydrogen (secondary N) is 1. The van der Waals surface area contributed by atoms with Crippen molar-refractivity contribution < 1.29 is 19.1 Å². The molecule has 0 aromatic carbocycles. The van der Waals surface area contributed by atoms with Crippen LogP contribution in [0.4, 0.5) is 10.6 Å². The van der Waals surface area contributed by atoms with E-state index in [0.717, 1.165) is 61.4 Å². The summed E-state index contributed by atoms with van der Waals surface area (Å²) in [6.45, 7) is 4.67. The number of hydrogen-bond acceptors (Lipinski definition) is 9. The van der Waals surface area contributed by atoms with Gasteiger partial charge in [-0.2, -0.15) is 5.10 Å². The van der Waals surface area contributed by atoms with Crippen LogP contribution in [0.15, 0.2) is 36.8 Å². The molecule has 6 heterocycles. The van der Waals surface area contributed by atoms with E-state index < -0.39 is 0 Å². The van der Waals surface area contributed by atoms with Gasteiger partial charge in [-0.25, -0.2) is 19.3 Å². The molecule has 4 fully saturated rings.